The highest BCUT2D eigenvalue weighted by Gasteiger charge is 2.23. The molecule has 0 amide bonds. The summed E-state index contributed by atoms with van der Waals surface area (Å²) in [6.45, 7) is 0. The standard InChI is InChI=1S/C70H49N3S/c1-7-21-50(22-8-1)55-37-39-69-67(46-55)68-49-62(38-40-70(68)74-69)73(65-43-56(51-23-9-2-10-24-51)42-63(47-65)71(58-27-11-3-12-28-58)59-29-13-4-14-30-59)66-45-57(54-36-35-52-25-19-20-26-53(52)41-54)44-64(48-66)72(60-31-15-5-16-32-60)61-33-17-6-18-34-61/h1-49H. The average Bonchev–Trinajstić information content (AvgIpc) is 3.85. The summed E-state index contributed by atoms with van der Waals surface area (Å²) in [5, 5.41) is 4.88. The summed E-state index contributed by atoms with van der Waals surface area (Å²) in [4.78, 5) is 7.24. The Morgan fingerprint density at radius 3 is 1.03 bits per heavy atom. The maximum Gasteiger partial charge on any atom is 0.0488 e. The van der Waals surface area contributed by atoms with Gasteiger partial charge in [-0.05, 0) is 165 Å². The van der Waals surface area contributed by atoms with E-state index in [1.54, 1.807) is 0 Å². The molecule has 74 heavy (non-hydrogen) atoms. The lowest BCUT2D eigenvalue weighted by Crippen LogP contribution is -2.15. The van der Waals surface area contributed by atoms with Crippen molar-refractivity contribution in [2.75, 3.05) is 14.7 Å². The van der Waals surface area contributed by atoms with E-state index in [4.69, 9.17) is 0 Å². The van der Waals surface area contributed by atoms with Crippen molar-refractivity contribution >= 4 is 93.5 Å². The van der Waals surface area contributed by atoms with Gasteiger partial charge in [-0.25, -0.2) is 0 Å². The first-order valence-electron chi connectivity index (χ1n) is 25.1. The van der Waals surface area contributed by atoms with E-state index in [-0.39, 0.29) is 0 Å². The minimum Gasteiger partial charge on any atom is -0.310 e. The third-order valence-electron chi connectivity index (χ3n) is 13.9. The van der Waals surface area contributed by atoms with Gasteiger partial charge in [-0.2, -0.15) is 0 Å². The van der Waals surface area contributed by atoms with Gasteiger partial charge >= 0.3 is 0 Å². The molecule has 0 aliphatic carbocycles. The van der Waals surface area contributed by atoms with Gasteiger partial charge in [0.1, 0.15) is 0 Å². The van der Waals surface area contributed by atoms with Crippen molar-refractivity contribution in [3.8, 4) is 33.4 Å². The van der Waals surface area contributed by atoms with Gasteiger partial charge in [0.15, 0.2) is 0 Å². The van der Waals surface area contributed by atoms with Gasteiger partial charge in [-0.3, -0.25) is 0 Å². The third kappa shape index (κ3) is 8.74. The van der Waals surface area contributed by atoms with Crippen molar-refractivity contribution in [1.29, 1.82) is 0 Å². The largest absolute Gasteiger partial charge is 0.310 e. The van der Waals surface area contributed by atoms with E-state index in [2.05, 4.69) is 312 Å². The van der Waals surface area contributed by atoms with E-state index in [1.807, 2.05) is 11.3 Å². The number of anilines is 9. The van der Waals surface area contributed by atoms with E-state index < -0.39 is 0 Å². The molecule has 4 heteroatoms. The van der Waals surface area contributed by atoms with Crippen LogP contribution < -0.4 is 14.7 Å². The fourth-order valence-electron chi connectivity index (χ4n) is 10.4. The molecule has 0 fully saturated rings. The summed E-state index contributed by atoms with van der Waals surface area (Å²) in [6.07, 6.45) is 0. The first-order chi connectivity index (χ1) is 36.7. The number of para-hydroxylation sites is 4. The zero-order chi connectivity index (χ0) is 49.2. The molecule has 13 rings (SSSR count). The molecule has 0 aliphatic heterocycles. The van der Waals surface area contributed by atoms with Crippen molar-refractivity contribution in [1.82, 2.24) is 0 Å². The number of benzene rings is 12. The predicted molar refractivity (Wildman–Crippen MR) is 317 cm³/mol. The normalized spacial score (nSPS) is 11.2. The van der Waals surface area contributed by atoms with Crippen molar-refractivity contribution in [3.05, 3.63) is 297 Å². The molecule has 1 heterocycles. The molecular weight excluding hydrogens is 915 g/mol. The molecular formula is C70H49N3S. The van der Waals surface area contributed by atoms with Crippen LogP contribution >= 0.6 is 11.3 Å². The Balaban J connectivity index is 1.11. The van der Waals surface area contributed by atoms with E-state index >= 15 is 0 Å². The highest BCUT2D eigenvalue weighted by Crippen LogP contribution is 2.48. The van der Waals surface area contributed by atoms with E-state index in [9.17, 15) is 0 Å². The smallest absolute Gasteiger partial charge is 0.0488 e. The van der Waals surface area contributed by atoms with Gasteiger partial charge in [0.05, 0.1) is 0 Å². The fraction of sp³-hybridized carbons (Fsp3) is 0. The van der Waals surface area contributed by atoms with Gasteiger partial charge < -0.3 is 14.7 Å². The Morgan fingerprint density at radius 1 is 0.189 bits per heavy atom. The quantitative estimate of drug-likeness (QED) is 0.121. The third-order valence-corrected chi connectivity index (χ3v) is 15.1. The van der Waals surface area contributed by atoms with Crippen molar-refractivity contribution in [2.45, 2.75) is 0 Å². The number of nitrogens with zero attached hydrogens (tertiary/aromatic N) is 3. The van der Waals surface area contributed by atoms with Crippen LogP contribution in [0.25, 0.3) is 64.3 Å². The van der Waals surface area contributed by atoms with Crippen LogP contribution in [0.3, 0.4) is 0 Å². The van der Waals surface area contributed by atoms with E-state index in [0.717, 1.165) is 73.4 Å². The van der Waals surface area contributed by atoms with Gasteiger partial charge in [-0.1, -0.05) is 176 Å². The number of rotatable bonds is 12. The van der Waals surface area contributed by atoms with Crippen LogP contribution in [0.1, 0.15) is 0 Å². The number of hydrogen-bond donors (Lipinski definition) is 0. The summed E-state index contributed by atoms with van der Waals surface area (Å²) in [6, 6.07) is 108. The Bertz CT molecular complexity index is 3990. The lowest BCUT2D eigenvalue weighted by atomic mass is 9.98. The van der Waals surface area contributed by atoms with Gasteiger partial charge in [0.25, 0.3) is 0 Å². The fourth-order valence-corrected chi connectivity index (χ4v) is 11.5. The maximum absolute atomic E-state index is 2.48. The topological polar surface area (TPSA) is 9.72 Å². The summed E-state index contributed by atoms with van der Waals surface area (Å²) in [5.74, 6) is 0. The van der Waals surface area contributed by atoms with Gasteiger partial charge in [0, 0.05) is 71.4 Å². The SMILES string of the molecule is c1ccc(-c2cc(N(c3ccccc3)c3ccccc3)cc(N(c3cc(-c4ccc5ccccc5c4)cc(N(c4ccccc4)c4ccccc4)c3)c3ccc4sc5ccc(-c6ccccc6)cc5c4c3)c2)cc1. The molecule has 12 aromatic carbocycles. The minimum absolute atomic E-state index is 1.02. The Morgan fingerprint density at radius 2 is 0.541 bits per heavy atom. The van der Waals surface area contributed by atoms with Crippen LogP contribution in [0, 0.1) is 0 Å². The van der Waals surface area contributed by atoms with Crippen molar-refractivity contribution in [3.63, 3.8) is 0 Å². The second-order valence-electron chi connectivity index (χ2n) is 18.6. The summed E-state index contributed by atoms with van der Waals surface area (Å²) >= 11 is 1.85. The number of fused-ring (bicyclic) bond motifs is 4. The molecule has 0 bridgehead atoms. The number of hydrogen-bond acceptors (Lipinski definition) is 4. The second-order valence-corrected chi connectivity index (χ2v) is 19.7. The van der Waals surface area contributed by atoms with E-state index in [1.165, 1.54) is 42.1 Å². The zero-order valence-electron chi connectivity index (χ0n) is 40.5. The lowest BCUT2D eigenvalue weighted by Gasteiger charge is -2.32. The molecule has 0 unspecified atom stereocenters. The summed E-state index contributed by atoms with van der Waals surface area (Å²) in [7, 11) is 0. The van der Waals surface area contributed by atoms with Crippen molar-refractivity contribution < 1.29 is 0 Å². The molecule has 350 valence electrons. The monoisotopic (exact) mass is 963 g/mol. The Kier molecular flexibility index (Phi) is 11.8. The van der Waals surface area contributed by atoms with Crippen LogP contribution in [0.2, 0.25) is 0 Å². The first kappa shape index (κ1) is 44.5. The Labute approximate surface area is 436 Å². The highest BCUT2D eigenvalue weighted by molar-refractivity contribution is 7.25. The first-order valence-corrected chi connectivity index (χ1v) is 26.0. The molecule has 1 aromatic heterocycles. The molecule has 0 radical (unpaired) electrons. The van der Waals surface area contributed by atoms with E-state index in [0.29, 0.717) is 0 Å². The zero-order valence-corrected chi connectivity index (χ0v) is 41.4. The molecule has 13 aromatic rings. The molecule has 0 aliphatic rings. The molecule has 0 spiro atoms. The van der Waals surface area contributed by atoms with Crippen LogP contribution in [0.5, 0.6) is 0 Å². The summed E-state index contributed by atoms with van der Waals surface area (Å²) in [5.41, 5.74) is 16.4. The maximum atomic E-state index is 2.48. The highest BCUT2D eigenvalue weighted by atomic mass is 32.1. The van der Waals surface area contributed by atoms with Gasteiger partial charge in [0.2, 0.25) is 0 Å². The molecule has 0 atom stereocenters. The van der Waals surface area contributed by atoms with Crippen LogP contribution in [0.4, 0.5) is 51.2 Å². The minimum atomic E-state index is 1.02. The second kappa shape index (κ2) is 19.6. The molecule has 3 nitrogen and oxygen atoms in total. The number of thiophene rings is 1. The predicted octanol–water partition coefficient (Wildman–Crippen LogP) is 20.6. The summed E-state index contributed by atoms with van der Waals surface area (Å²) < 4.78 is 2.51. The molecule has 0 saturated heterocycles. The van der Waals surface area contributed by atoms with Crippen LogP contribution in [-0.4, -0.2) is 0 Å². The molecule has 0 saturated carbocycles. The van der Waals surface area contributed by atoms with Gasteiger partial charge in [-0.15, -0.1) is 11.3 Å². The Hall–Kier alpha value is -9.48. The van der Waals surface area contributed by atoms with Crippen LogP contribution in [0.15, 0.2) is 297 Å². The average molecular weight is 964 g/mol. The van der Waals surface area contributed by atoms with Crippen molar-refractivity contribution in [2.24, 2.45) is 0 Å². The lowest BCUT2D eigenvalue weighted by molar-refractivity contribution is 1.24. The van der Waals surface area contributed by atoms with Crippen LogP contribution in [-0.2, 0) is 0 Å². The molecule has 0 N–H and O–H groups in total.